The van der Waals surface area contributed by atoms with Crippen LogP contribution < -0.4 is 0 Å². The van der Waals surface area contributed by atoms with Gasteiger partial charge < -0.3 is 14.4 Å². The predicted octanol–water partition coefficient (Wildman–Crippen LogP) is 10.3. The Morgan fingerprint density at radius 2 is 1.07 bits per heavy atom. The van der Waals surface area contributed by atoms with Crippen molar-refractivity contribution in [2.75, 3.05) is 20.3 Å². The third-order valence-corrected chi connectivity index (χ3v) is 8.34. The number of unbranched alkanes of at least 4 members (excludes halogenated alkanes) is 17. The van der Waals surface area contributed by atoms with Crippen molar-refractivity contribution in [3.05, 3.63) is 24.3 Å². The van der Waals surface area contributed by atoms with E-state index in [-0.39, 0.29) is 25.4 Å². The first-order valence-electron chi connectivity index (χ1n) is 17.5. The molecular formula is C35H65O8P. The molecule has 0 aromatic rings. The summed E-state index contributed by atoms with van der Waals surface area (Å²) >= 11 is 0. The van der Waals surface area contributed by atoms with Crippen LogP contribution in [0, 0.1) is 0 Å². The first kappa shape index (κ1) is 42.5. The van der Waals surface area contributed by atoms with Crippen LogP contribution in [0.15, 0.2) is 24.3 Å². The quantitative estimate of drug-likeness (QED) is 0.0333. The van der Waals surface area contributed by atoms with E-state index >= 15 is 0 Å². The normalized spacial score (nSPS) is 13.8. The summed E-state index contributed by atoms with van der Waals surface area (Å²) in [4.78, 5) is 34.2. The van der Waals surface area contributed by atoms with Gasteiger partial charge in [0.25, 0.3) is 0 Å². The van der Waals surface area contributed by atoms with Gasteiger partial charge in [0.2, 0.25) is 0 Å². The number of rotatable bonds is 32. The summed E-state index contributed by atoms with van der Waals surface area (Å²) in [6.07, 6.45) is 32.3. The summed E-state index contributed by atoms with van der Waals surface area (Å²) in [7, 11) is -3.20. The van der Waals surface area contributed by atoms with Crippen molar-refractivity contribution in [3.63, 3.8) is 0 Å². The van der Waals surface area contributed by atoms with Gasteiger partial charge in [-0.3, -0.25) is 18.6 Å². The molecule has 1 N–H and O–H groups in total. The van der Waals surface area contributed by atoms with E-state index in [2.05, 4.69) is 42.7 Å². The van der Waals surface area contributed by atoms with Crippen molar-refractivity contribution < 1.29 is 37.6 Å². The summed E-state index contributed by atoms with van der Waals surface area (Å²) < 4.78 is 31.7. The van der Waals surface area contributed by atoms with Gasteiger partial charge in [0.1, 0.15) is 6.61 Å². The minimum absolute atomic E-state index is 0.231. The second-order valence-corrected chi connectivity index (χ2v) is 13.2. The van der Waals surface area contributed by atoms with Gasteiger partial charge in [-0.05, 0) is 57.8 Å². The SMILES string of the molecule is CCC/C=C/CCCCCCCC(=O)OC[C@H](COP(=O)(O)OC)OC(=O)CCCCCCC/C=C/CCCCCCCC. The minimum Gasteiger partial charge on any atom is -0.462 e. The van der Waals surface area contributed by atoms with Crippen LogP contribution in [0.5, 0.6) is 0 Å². The molecule has 2 atom stereocenters. The second kappa shape index (κ2) is 31.5. The molecule has 0 amide bonds. The summed E-state index contributed by atoms with van der Waals surface area (Å²) in [6.45, 7) is 3.78. The van der Waals surface area contributed by atoms with Crippen LogP contribution in [0.3, 0.4) is 0 Å². The summed E-state index contributed by atoms with van der Waals surface area (Å²) in [5.74, 6) is -0.827. The van der Waals surface area contributed by atoms with E-state index in [0.717, 1.165) is 84.2 Å². The lowest BCUT2D eigenvalue weighted by Gasteiger charge is -2.19. The third-order valence-electron chi connectivity index (χ3n) is 7.40. The summed E-state index contributed by atoms with van der Waals surface area (Å²) in [5.41, 5.74) is 0. The highest BCUT2D eigenvalue weighted by Crippen LogP contribution is 2.42. The van der Waals surface area contributed by atoms with E-state index in [1.54, 1.807) is 0 Å². The van der Waals surface area contributed by atoms with Crippen molar-refractivity contribution in [1.29, 1.82) is 0 Å². The Morgan fingerprint density at radius 1 is 0.614 bits per heavy atom. The molecule has 0 heterocycles. The highest BCUT2D eigenvalue weighted by atomic mass is 31.2. The standard InChI is InChI=1S/C35H65O8P/c1-4-6-8-10-12-14-16-17-18-19-20-22-24-26-28-30-35(37)43-33(32-42-44(38,39)40-3)31-41-34(36)29-27-25-23-21-15-13-11-9-7-5-2/h9,11,17-18,33H,4-8,10,12-16,19-32H2,1-3H3,(H,38,39)/b11-9+,18-17+/t33-/m1/s1. The zero-order valence-electron chi connectivity index (χ0n) is 28.3. The first-order chi connectivity index (χ1) is 21.3. The average molecular weight is 645 g/mol. The smallest absolute Gasteiger partial charge is 0.462 e. The largest absolute Gasteiger partial charge is 0.472 e. The van der Waals surface area contributed by atoms with Gasteiger partial charge in [-0.25, -0.2) is 4.57 Å². The minimum atomic E-state index is -4.25. The first-order valence-corrected chi connectivity index (χ1v) is 19.0. The number of esters is 2. The van der Waals surface area contributed by atoms with Crippen molar-refractivity contribution in [2.45, 2.75) is 168 Å². The van der Waals surface area contributed by atoms with Crippen molar-refractivity contribution in [1.82, 2.24) is 0 Å². The predicted molar refractivity (Wildman–Crippen MR) is 179 cm³/mol. The molecule has 0 spiro atoms. The fraction of sp³-hybridized carbons (Fsp3) is 0.829. The Labute approximate surface area is 269 Å². The molecule has 0 aliphatic carbocycles. The number of hydrogen-bond donors (Lipinski definition) is 1. The van der Waals surface area contributed by atoms with Gasteiger partial charge in [0.15, 0.2) is 6.10 Å². The summed E-state index contributed by atoms with van der Waals surface area (Å²) in [6, 6.07) is 0. The number of hydrogen-bond acceptors (Lipinski definition) is 7. The molecular weight excluding hydrogens is 579 g/mol. The van der Waals surface area contributed by atoms with Gasteiger partial charge in [-0.15, -0.1) is 0 Å². The van der Waals surface area contributed by atoms with Gasteiger partial charge in [0.05, 0.1) is 6.61 Å². The molecule has 0 fully saturated rings. The lowest BCUT2D eigenvalue weighted by atomic mass is 10.1. The Bertz CT molecular complexity index is 783. The number of ether oxygens (including phenoxy) is 2. The van der Waals surface area contributed by atoms with E-state index in [9.17, 15) is 19.0 Å². The number of carbonyl (C=O) groups is 2. The molecule has 0 aromatic carbocycles. The molecule has 0 rings (SSSR count). The zero-order chi connectivity index (χ0) is 32.6. The molecule has 258 valence electrons. The number of phosphoric acid groups is 1. The molecule has 0 saturated carbocycles. The van der Waals surface area contributed by atoms with Crippen LogP contribution >= 0.6 is 7.82 Å². The lowest BCUT2D eigenvalue weighted by Crippen LogP contribution is -2.29. The molecule has 0 saturated heterocycles. The average Bonchev–Trinajstić information content (AvgIpc) is 3.01. The van der Waals surface area contributed by atoms with Crippen molar-refractivity contribution in [2.24, 2.45) is 0 Å². The maximum absolute atomic E-state index is 12.4. The van der Waals surface area contributed by atoms with Gasteiger partial charge in [0, 0.05) is 20.0 Å². The van der Waals surface area contributed by atoms with Crippen molar-refractivity contribution in [3.8, 4) is 0 Å². The molecule has 0 aliphatic rings. The van der Waals surface area contributed by atoms with Crippen molar-refractivity contribution >= 4 is 19.8 Å². The van der Waals surface area contributed by atoms with Gasteiger partial charge >= 0.3 is 19.8 Å². The van der Waals surface area contributed by atoms with Crippen LogP contribution in [0.25, 0.3) is 0 Å². The van der Waals surface area contributed by atoms with Crippen LogP contribution in [0.1, 0.15) is 162 Å². The highest BCUT2D eigenvalue weighted by molar-refractivity contribution is 7.47. The fourth-order valence-corrected chi connectivity index (χ4v) is 5.11. The monoisotopic (exact) mass is 644 g/mol. The van der Waals surface area contributed by atoms with E-state index < -0.39 is 26.5 Å². The van der Waals surface area contributed by atoms with Crippen LogP contribution in [-0.4, -0.2) is 43.3 Å². The molecule has 0 aliphatic heterocycles. The zero-order valence-corrected chi connectivity index (χ0v) is 29.2. The van der Waals surface area contributed by atoms with Gasteiger partial charge in [-0.2, -0.15) is 0 Å². The van der Waals surface area contributed by atoms with Crippen LogP contribution in [-0.2, 0) is 32.7 Å². The fourth-order valence-electron chi connectivity index (χ4n) is 4.65. The maximum Gasteiger partial charge on any atom is 0.472 e. The Morgan fingerprint density at radius 3 is 1.57 bits per heavy atom. The highest BCUT2D eigenvalue weighted by Gasteiger charge is 2.24. The number of carbonyl (C=O) groups excluding carboxylic acids is 2. The Kier molecular flexibility index (Phi) is 30.5. The molecule has 44 heavy (non-hydrogen) atoms. The molecule has 8 nitrogen and oxygen atoms in total. The molecule has 0 aromatic heterocycles. The van der Waals surface area contributed by atoms with E-state index in [1.807, 2.05) is 0 Å². The van der Waals surface area contributed by atoms with Crippen LogP contribution in [0.2, 0.25) is 0 Å². The maximum atomic E-state index is 12.4. The molecule has 0 radical (unpaired) electrons. The second-order valence-electron chi connectivity index (χ2n) is 11.6. The lowest BCUT2D eigenvalue weighted by molar-refractivity contribution is -0.161. The van der Waals surface area contributed by atoms with Crippen LogP contribution in [0.4, 0.5) is 0 Å². The van der Waals surface area contributed by atoms with E-state index in [1.165, 1.54) is 51.4 Å². The Hall–Kier alpha value is -1.47. The van der Waals surface area contributed by atoms with E-state index in [0.29, 0.717) is 6.42 Å². The third kappa shape index (κ3) is 30.6. The van der Waals surface area contributed by atoms with E-state index in [4.69, 9.17) is 14.0 Å². The van der Waals surface area contributed by atoms with Gasteiger partial charge in [-0.1, -0.05) is 115 Å². The number of phosphoric ester groups is 1. The Balaban J connectivity index is 4.11. The number of allylic oxidation sites excluding steroid dienone is 4. The molecule has 0 bridgehead atoms. The molecule has 9 heteroatoms. The molecule has 1 unspecified atom stereocenters. The summed E-state index contributed by atoms with van der Waals surface area (Å²) in [5, 5.41) is 0. The topological polar surface area (TPSA) is 108 Å².